The Kier molecular flexibility index (Phi) is 4.45. The van der Waals surface area contributed by atoms with Gasteiger partial charge in [-0.15, -0.1) is 0 Å². The molecule has 116 valence electrons. The molecule has 0 saturated carbocycles. The van der Waals surface area contributed by atoms with Gasteiger partial charge >= 0.3 is 0 Å². The predicted octanol–water partition coefficient (Wildman–Crippen LogP) is 4.88. The summed E-state index contributed by atoms with van der Waals surface area (Å²) in [5.74, 6) is -1.02. The van der Waals surface area contributed by atoms with Gasteiger partial charge in [-0.1, -0.05) is 45.7 Å². The monoisotopic (exact) mass is 393 g/mol. The van der Waals surface area contributed by atoms with E-state index in [-0.39, 0.29) is 11.4 Å². The average molecular weight is 395 g/mol. The fourth-order valence-corrected chi connectivity index (χ4v) is 2.59. The lowest BCUT2D eigenvalue weighted by atomic mass is 10.1. The Hall–Kier alpha value is -2.18. The maximum absolute atomic E-state index is 13.8. The summed E-state index contributed by atoms with van der Waals surface area (Å²) in [6.45, 7) is 0. The van der Waals surface area contributed by atoms with E-state index in [9.17, 15) is 9.18 Å². The lowest BCUT2D eigenvalue weighted by molar-refractivity contribution is 0.102. The quantitative estimate of drug-likeness (QED) is 0.665. The van der Waals surface area contributed by atoms with Gasteiger partial charge in [0.2, 0.25) is 0 Å². The van der Waals surface area contributed by atoms with Crippen LogP contribution in [0.2, 0.25) is 5.02 Å². The highest BCUT2D eigenvalue weighted by Gasteiger charge is 2.14. The van der Waals surface area contributed by atoms with Gasteiger partial charge in [-0.2, -0.15) is 5.10 Å². The number of nitrogens with zero attached hydrogens (tertiary/aromatic N) is 1. The Bertz CT molecular complexity index is 881. The number of rotatable bonds is 3. The maximum atomic E-state index is 13.8. The summed E-state index contributed by atoms with van der Waals surface area (Å²) < 4.78 is 14.4. The Morgan fingerprint density at radius 2 is 2.00 bits per heavy atom. The molecule has 0 aliphatic heterocycles. The average Bonchev–Trinajstić information content (AvgIpc) is 3.00. The Labute approximate surface area is 144 Å². The highest BCUT2D eigenvalue weighted by Crippen LogP contribution is 2.26. The van der Waals surface area contributed by atoms with Crippen molar-refractivity contribution >= 4 is 39.1 Å². The van der Waals surface area contributed by atoms with Crippen LogP contribution in [0.5, 0.6) is 0 Å². The summed E-state index contributed by atoms with van der Waals surface area (Å²) in [6, 6.07) is 13.1. The molecule has 0 atom stereocenters. The number of nitrogens with one attached hydrogen (secondary N) is 2. The van der Waals surface area contributed by atoms with Gasteiger partial charge in [-0.25, -0.2) is 4.39 Å². The van der Waals surface area contributed by atoms with Crippen molar-refractivity contribution in [3.05, 3.63) is 69.5 Å². The van der Waals surface area contributed by atoms with Gasteiger partial charge in [0.25, 0.3) is 5.91 Å². The molecule has 4 nitrogen and oxygen atoms in total. The van der Waals surface area contributed by atoms with Crippen LogP contribution >= 0.6 is 27.5 Å². The molecule has 0 aliphatic rings. The molecule has 0 bridgehead atoms. The number of hydrogen-bond acceptors (Lipinski definition) is 2. The number of anilines is 1. The summed E-state index contributed by atoms with van der Waals surface area (Å²) in [7, 11) is 0. The first-order valence-corrected chi connectivity index (χ1v) is 7.78. The minimum atomic E-state index is -0.529. The van der Waals surface area contributed by atoms with Gasteiger partial charge < -0.3 is 5.32 Å². The first kappa shape index (κ1) is 15.7. The zero-order chi connectivity index (χ0) is 16.4. The van der Waals surface area contributed by atoms with Gasteiger partial charge in [0.15, 0.2) is 0 Å². The smallest absolute Gasteiger partial charge is 0.273 e. The van der Waals surface area contributed by atoms with E-state index in [4.69, 9.17) is 11.6 Å². The number of carbonyl (C=O) groups is 1. The molecule has 23 heavy (non-hydrogen) atoms. The molecule has 0 aliphatic carbocycles. The largest absolute Gasteiger partial charge is 0.318 e. The molecule has 3 rings (SSSR count). The molecular formula is C16H10BrClFN3O. The van der Waals surface area contributed by atoms with Gasteiger partial charge in [-0.3, -0.25) is 9.89 Å². The topological polar surface area (TPSA) is 57.8 Å². The summed E-state index contributed by atoms with van der Waals surface area (Å²) >= 11 is 9.27. The SMILES string of the molecule is O=C(Nc1ccc(Br)cc1F)c1cc(-c2ccccc2Cl)n[nH]1. The summed E-state index contributed by atoms with van der Waals surface area (Å²) in [5.41, 5.74) is 1.55. The van der Waals surface area contributed by atoms with E-state index in [0.29, 0.717) is 20.8 Å². The van der Waals surface area contributed by atoms with E-state index in [0.717, 1.165) is 0 Å². The van der Waals surface area contributed by atoms with E-state index < -0.39 is 11.7 Å². The third-order valence-electron chi connectivity index (χ3n) is 3.15. The van der Waals surface area contributed by atoms with Gasteiger partial charge in [0.05, 0.1) is 16.4 Å². The summed E-state index contributed by atoms with van der Waals surface area (Å²) in [6.07, 6.45) is 0. The van der Waals surface area contributed by atoms with E-state index >= 15 is 0 Å². The first-order chi connectivity index (χ1) is 11.0. The van der Waals surface area contributed by atoms with E-state index in [2.05, 4.69) is 31.4 Å². The van der Waals surface area contributed by atoms with Crippen LogP contribution in [0.1, 0.15) is 10.5 Å². The Balaban J connectivity index is 1.83. The highest BCUT2D eigenvalue weighted by atomic mass is 79.9. The summed E-state index contributed by atoms with van der Waals surface area (Å²) in [5, 5.41) is 9.73. The second-order valence-corrected chi connectivity index (χ2v) is 6.05. The van der Waals surface area contributed by atoms with Gasteiger partial charge in [0.1, 0.15) is 11.5 Å². The zero-order valence-electron chi connectivity index (χ0n) is 11.6. The van der Waals surface area contributed by atoms with Crippen molar-refractivity contribution < 1.29 is 9.18 Å². The fraction of sp³-hybridized carbons (Fsp3) is 0. The fourth-order valence-electron chi connectivity index (χ4n) is 2.03. The van der Waals surface area contributed by atoms with Crippen LogP contribution in [-0.2, 0) is 0 Å². The zero-order valence-corrected chi connectivity index (χ0v) is 14.0. The third kappa shape index (κ3) is 3.43. The van der Waals surface area contributed by atoms with Crippen LogP contribution in [0.3, 0.4) is 0 Å². The molecular weight excluding hydrogens is 385 g/mol. The highest BCUT2D eigenvalue weighted by molar-refractivity contribution is 9.10. The van der Waals surface area contributed by atoms with E-state index in [1.165, 1.54) is 12.1 Å². The lowest BCUT2D eigenvalue weighted by Gasteiger charge is -2.05. The van der Waals surface area contributed by atoms with Crippen molar-refractivity contribution in [1.29, 1.82) is 0 Å². The van der Waals surface area contributed by atoms with Gasteiger partial charge in [0, 0.05) is 10.0 Å². The molecule has 2 aromatic carbocycles. The van der Waals surface area contributed by atoms with Crippen molar-refractivity contribution in [1.82, 2.24) is 10.2 Å². The Morgan fingerprint density at radius 3 is 2.74 bits per heavy atom. The molecule has 1 heterocycles. The number of aromatic amines is 1. The van der Waals surface area contributed by atoms with Crippen molar-refractivity contribution in [2.45, 2.75) is 0 Å². The molecule has 0 radical (unpaired) electrons. The van der Waals surface area contributed by atoms with Crippen molar-refractivity contribution in [3.8, 4) is 11.3 Å². The number of H-pyrrole nitrogens is 1. The van der Waals surface area contributed by atoms with Crippen molar-refractivity contribution in [3.63, 3.8) is 0 Å². The van der Waals surface area contributed by atoms with Gasteiger partial charge in [-0.05, 0) is 30.3 Å². The number of hydrogen-bond donors (Lipinski definition) is 2. The molecule has 1 amide bonds. The standard InChI is InChI=1S/C16H10BrClFN3O/c17-9-5-6-13(12(19)7-9)20-16(23)15-8-14(21-22-15)10-3-1-2-4-11(10)18/h1-8H,(H,20,23)(H,21,22). The first-order valence-electron chi connectivity index (χ1n) is 6.61. The Morgan fingerprint density at radius 1 is 1.22 bits per heavy atom. The number of amides is 1. The lowest BCUT2D eigenvalue weighted by Crippen LogP contribution is -2.13. The number of aromatic nitrogens is 2. The minimum Gasteiger partial charge on any atom is -0.318 e. The van der Waals surface area contributed by atoms with Crippen molar-refractivity contribution in [2.24, 2.45) is 0 Å². The van der Waals surface area contributed by atoms with Crippen LogP contribution in [0.4, 0.5) is 10.1 Å². The number of benzene rings is 2. The number of carbonyl (C=O) groups excluding carboxylic acids is 1. The predicted molar refractivity (Wildman–Crippen MR) is 91.1 cm³/mol. The molecule has 1 aromatic heterocycles. The summed E-state index contributed by atoms with van der Waals surface area (Å²) in [4.78, 5) is 12.2. The van der Waals surface area contributed by atoms with E-state index in [1.54, 1.807) is 24.3 Å². The normalized spacial score (nSPS) is 10.6. The molecule has 0 unspecified atom stereocenters. The van der Waals surface area contributed by atoms with Crippen LogP contribution in [-0.4, -0.2) is 16.1 Å². The maximum Gasteiger partial charge on any atom is 0.273 e. The van der Waals surface area contributed by atoms with Crippen LogP contribution in [0, 0.1) is 5.82 Å². The van der Waals surface area contributed by atoms with Crippen LogP contribution in [0.25, 0.3) is 11.3 Å². The van der Waals surface area contributed by atoms with E-state index in [1.807, 2.05) is 12.1 Å². The molecule has 2 N–H and O–H groups in total. The second kappa shape index (κ2) is 6.52. The minimum absolute atomic E-state index is 0.0899. The van der Waals surface area contributed by atoms with Crippen LogP contribution in [0.15, 0.2) is 53.0 Å². The number of halogens is 3. The van der Waals surface area contributed by atoms with Crippen molar-refractivity contribution in [2.75, 3.05) is 5.32 Å². The molecule has 3 aromatic rings. The molecule has 0 spiro atoms. The second-order valence-electron chi connectivity index (χ2n) is 4.72. The molecule has 0 fully saturated rings. The van der Waals surface area contributed by atoms with Crippen LogP contribution < -0.4 is 5.32 Å². The molecule has 7 heteroatoms. The molecule has 0 saturated heterocycles. The third-order valence-corrected chi connectivity index (χ3v) is 3.97.